The van der Waals surface area contributed by atoms with Gasteiger partial charge in [0.05, 0.1) is 11.7 Å². The third kappa shape index (κ3) is 4.09. The molecule has 5 nitrogen and oxygen atoms in total. The second-order valence-corrected chi connectivity index (χ2v) is 6.36. The molecule has 0 aliphatic rings. The van der Waals surface area contributed by atoms with Gasteiger partial charge in [-0.15, -0.1) is 22.7 Å². The van der Waals surface area contributed by atoms with Crippen LogP contribution >= 0.6 is 22.7 Å². The average Bonchev–Trinajstić information content (AvgIpc) is 3.12. The third-order valence-corrected chi connectivity index (χ3v) is 4.96. The van der Waals surface area contributed by atoms with Crippen molar-refractivity contribution in [3.05, 3.63) is 27.7 Å². The van der Waals surface area contributed by atoms with Gasteiger partial charge in [-0.25, -0.2) is 9.97 Å². The second-order valence-electron chi connectivity index (χ2n) is 4.60. The smallest absolute Gasteiger partial charge is 0.225 e. The second kappa shape index (κ2) is 7.63. The van der Waals surface area contributed by atoms with E-state index in [-0.39, 0.29) is 11.9 Å². The van der Waals surface area contributed by atoms with Gasteiger partial charge in [-0.05, 0) is 13.3 Å². The zero-order chi connectivity index (χ0) is 15.2. The van der Waals surface area contributed by atoms with E-state index < -0.39 is 0 Å². The first-order chi connectivity index (χ1) is 10.2. The van der Waals surface area contributed by atoms with Gasteiger partial charge in [0.2, 0.25) is 5.91 Å². The highest BCUT2D eigenvalue weighted by atomic mass is 32.1. The van der Waals surface area contributed by atoms with Gasteiger partial charge in [-0.2, -0.15) is 0 Å². The minimum absolute atomic E-state index is 0.0283. The molecule has 7 heteroatoms. The Hall–Kier alpha value is -1.31. The van der Waals surface area contributed by atoms with Crippen LogP contribution < -0.4 is 10.2 Å². The van der Waals surface area contributed by atoms with E-state index >= 15 is 0 Å². The summed E-state index contributed by atoms with van der Waals surface area (Å²) in [6, 6.07) is 0.255. The lowest BCUT2D eigenvalue weighted by atomic mass is 10.2. The fraction of sp³-hybridized carbons (Fsp3) is 0.500. The Morgan fingerprint density at radius 1 is 1.43 bits per heavy atom. The molecule has 2 aromatic heterocycles. The molecule has 1 N–H and O–H groups in total. The molecule has 2 aromatic rings. The summed E-state index contributed by atoms with van der Waals surface area (Å²) < 4.78 is 0. The number of nitrogens with zero attached hydrogens (tertiary/aromatic N) is 3. The van der Waals surface area contributed by atoms with Crippen LogP contribution in [0, 0.1) is 0 Å². The van der Waals surface area contributed by atoms with Crippen molar-refractivity contribution < 1.29 is 4.79 Å². The molecule has 0 spiro atoms. The van der Waals surface area contributed by atoms with Crippen LogP contribution in [0.25, 0.3) is 0 Å². The zero-order valence-corrected chi connectivity index (χ0v) is 14.1. The summed E-state index contributed by atoms with van der Waals surface area (Å²) in [4.78, 5) is 22.1. The number of carbonyl (C=O) groups is 1. The van der Waals surface area contributed by atoms with Gasteiger partial charge in [-0.1, -0.05) is 6.92 Å². The van der Waals surface area contributed by atoms with Crippen LogP contribution in [0.2, 0.25) is 0 Å². The normalized spacial score (nSPS) is 12.3. The van der Waals surface area contributed by atoms with Crippen LogP contribution in [0.4, 0.5) is 5.13 Å². The molecular weight excluding hydrogens is 304 g/mol. The summed E-state index contributed by atoms with van der Waals surface area (Å²) in [6.07, 6.45) is 2.82. The van der Waals surface area contributed by atoms with E-state index in [0.717, 1.165) is 22.3 Å². The molecular formula is C14H20N4OS2. The van der Waals surface area contributed by atoms with Crippen LogP contribution in [-0.2, 0) is 11.3 Å². The number of hydrogen-bond acceptors (Lipinski definition) is 6. The lowest BCUT2D eigenvalue weighted by Crippen LogP contribution is -2.27. The first-order valence-corrected chi connectivity index (χ1v) is 8.76. The highest BCUT2D eigenvalue weighted by Crippen LogP contribution is 2.22. The molecule has 21 heavy (non-hydrogen) atoms. The number of carbonyl (C=O) groups excluding carboxylic acids is 1. The minimum atomic E-state index is 0.0283. The molecule has 1 unspecified atom stereocenters. The SMILES string of the molecule is CCC(NCc1csc(N(CC)C(C)=O)n1)c1nccs1. The van der Waals surface area contributed by atoms with Gasteiger partial charge in [-0.3, -0.25) is 9.69 Å². The van der Waals surface area contributed by atoms with Crippen LogP contribution in [0.15, 0.2) is 17.0 Å². The van der Waals surface area contributed by atoms with Gasteiger partial charge >= 0.3 is 0 Å². The van der Waals surface area contributed by atoms with E-state index in [9.17, 15) is 4.79 Å². The quantitative estimate of drug-likeness (QED) is 0.849. The van der Waals surface area contributed by atoms with Gasteiger partial charge in [0.25, 0.3) is 0 Å². The van der Waals surface area contributed by atoms with Crippen molar-refractivity contribution in [2.75, 3.05) is 11.4 Å². The third-order valence-electron chi connectivity index (χ3n) is 3.15. The lowest BCUT2D eigenvalue weighted by molar-refractivity contribution is -0.116. The summed E-state index contributed by atoms with van der Waals surface area (Å²) >= 11 is 3.17. The summed E-state index contributed by atoms with van der Waals surface area (Å²) in [5.41, 5.74) is 0.963. The Morgan fingerprint density at radius 2 is 2.24 bits per heavy atom. The van der Waals surface area contributed by atoms with Crippen molar-refractivity contribution in [2.24, 2.45) is 0 Å². The summed E-state index contributed by atoms with van der Waals surface area (Å²) in [6.45, 7) is 6.99. The van der Waals surface area contributed by atoms with Crippen molar-refractivity contribution in [1.82, 2.24) is 15.3 Å². The zero-order valence-electron chi connectivity index (χ0n) is 12.5. The summed E-state index contributed by atoms with van der Waals surface area (Å²) in [7, 11) is 0. The van der Waals surface area contributed by atoms with Crippen molar-refractivity contribution in [1.29, 1.82) is 0 Å². The monoisotopic (exact) mass is 324 g/mol. The van der Waals surface area contributed by atoms with E-state index in [1.165, 1.54) is 11.3 Å². The lowest BCUT2D eigenvalue weighted by Gasteiger charge is -2.15. The first-order valence-electron chi connectivity index (χ1n) is 7.01. The Kier molecular flexibility index (Phi) is 5.84. The number of aromatic nitrogens is 2. The van der Waals surface area contributed by atoms with E-state index in [1.807, 2.05) is 23.9 Å². The first kappa shape index (κ1) is 16.1. The Labute approximate surface area is 133 Å². The topological polar surface area (TPSA) is 58.1 Å². The molecule has 0 saturated carbocycles. The van der Waals surface area contributed by atoms with E-state index in [0.29, 0.717) is 13.1 Å². The van der Waals surface area contributed by atoms with Crippen molar-refractivity contribution in [3.8, 4) is 0 Å². The number of amides is 1. The molecule has 0 aliphatic heterocycles. The molecule has 0 radical (unpaired) electrons. The predicted molar refractivity (Wildman–Crippen MR) is 87.8 cm³/mol. The minimum Gasteiger partial charge on any atom is -0.302 e. The number of thiazole rings is 2. The molecule has 2 rings (SSSR count). The van der Waals surface area contributed by atoms with Crippen molar-refractivity contribution >= 4 is 33.7 Å². The fourth-order valence-electron chi connectivity index (χ4n) is 2.03. The fourth-order valence-corrected chi connectivity index (χ4v) is 3.76. The highest BCUT2D eigenvalue weighted by Gasteiger charge is 2.15. The van der Waals surface area contributed by atoms with Crippen LogP contribution in [0.3, 0.4) is 0 Å². The highest BCUT2D eigenvalue weighted by molar-refractivity contribution is 7.14. The Balaban J connectivity index is 1.98. The number of hydrogen-bond donors (Lipinski definition) is 1. The Morgan fingerprint density at radius 3 is 2.81 bits per heavy atom. The average molecular weight is 324 g/mol. The maximum Gasteiger partial charge on any atom is 0.225 e. The number of anilines is 1. The van der Waals surface area contributed by atoms with Crippen molar-refractivity contribution in [2.45, 2.75) is 39.8 Å². The van der Waals surface area contributed by atoms with Crippen LogP contribution in [0.1, 0.15) is 43.9 Å². The number of rotatable bonds is 7. The van der Waals surface area contributed by atoms with Gasteiger partial charge in [0, 0.05) is 37.0 Å². The molecule has 2 heterocycles. The largest absolute Gasteiger partial charge is 0.302 e. The van der Waals surface area contributed by atoms with Crippen LogP contribution in [0.5, 0.6) is 0 Å². The predicted octanol–water partition coefficient (Wildman–Crippen LogP) is 3.21. The molecule has 0 fully saturated rings. The molecule has 0 aromatic carbocycles. The molecule has 1 atom stereocenters. The maximum atomic E-state index is 11.5. The van der Waals surface area contributed by atoms with Gasteiger partial charge in [0.15, 0.2) is 5.13 Å². The molecule has 0 saturated heterocycles. The van der Waals surface area contributed by atoms with E-state index in [1.54, 1.807) is 23.2 Å². The van der Waals surface area contributed by atoms with Crippen molar-refractivity contribution in [3.63, 3.8) is 0 Å². The van der Waals surface area contributed by atoms with Crippen LogP contribution in [-0.4, -0.2) is 22.4 Å². The maximum absolute atomic E-state index is 11.5. The van der Waals surface area contributed by atoms with Gasteiger partial charge in [0.1, 0.15) is 5.01 Å². The molecule has 0 bridgehead atoms. The standard InChI is InChI=1S/C14H20N4OS2/c1-4-12(13-15-6-7-20-13)16-8-11-9-21-14(17-11)18(5-2)10(3)19/h6-7,9,12,16H,4-5,8H2,1-3H3. The van der Waals surface area contributed by atoms with E-state index in [2.05, 4.69) is 22.2 Å². The van der Waals surface area contributed by atoms with Gasteiger partial charge < -0.3 is 5.32 Å². The summed E-state index contributed by atoms with van der Waals surface area (Å²) in [5.74, 6) is 0.0283. The Bertz CT molecular complexity index is 567. The molecule has 1 amide bonds. The summed E-state index contributed by atoms with van der Waals surface area (Å²) in [5, 5.41) is 9.34. The molecule has 114 valence electrons. The number of nitrogens with one attached hydrogen (secondary N) is 1. The molecule has 0 aliphatic carbocycles. The van der Waals surface area contributed by atoms with E-state index in [4.69, 9.17) is 0 Å².